The molecule has 1 atom stereocenters. The number of anilines is 1. The van der Waals surface area contributed by atoms with Gasteiger partial charge in [0.1, 0.15) is 5.82 Å². The van der Waals surface area contributed by atoms with Crippen LogP contribution in [0.1, 0.15) is 38.7 Å². The van der Waals surface area contributed by atoms with Crippen LogP contribution >= 0.6 is 0 Å². The van der Waals surface area contributed by atoms with Gasteiger partial charge in [0.05, 0.1) is 6.61 Å². The molecule has 1 saturated carbocycles. The van der Waals surface area contributed by atoms with Crippen molar-refractivity contribution in [3.8, 4) is 0 Å². The van der Waals surface area contributed by atoms with Gasteiger partial charge in [-0.25, -0.2) is 4.98 Å². The highest BCUT2D eigenvalue weighted by Gasteiger charge is 2.31. The molecule has 0 aliphatic heterocycles. The van der Waals surface area contributed by atoms with E-state index in [1.54, 1.807) is 7.11 Å². The van der Waals surface area contributed by atoms with Crippen LogP contribution in [0.15, 0.2) is 18.3 Å². The SMILES string of the molecule is CCCNc1cc(CN(CCOC)C(C)C2CC2)ccn1. The van der Waals surface area contributed by atoms with Crippen molar-refractivity contribution in [1.82, 2.24) is 9.88 Å². The standard InChI is InChI=1S/C17H29N3O/c1-4-8-18-17-12-15(7-9-19-17)13-20(10-11-21-3)14(2)16-5-6-16/h7,9,12,14,16H,4-6,8,10-11,13H2,1-3H3,(H,18,19). The van der Waals surface area contributed by atoms with Crippen LogP contribution in [0.2, 0.25) is 0 Å². The third-order valence-electron chi connectivity index (χ3n) is 4.23. The minimum absolute atomic E-state index is 0.639. The zero-order valence-electron chi connectivity index (χ0n) is 13.6. The van der Waals surface area contributed by atoms with E-state index in [4.69, 9.17) is 4.74 Å². The monoisotopic (exact) mass is 291 g/mol. The number of nitrogens with one attached hydrogen (secondary N) is 1. The van der Waals surface area contributed by atoms with E-state index in [0.29, 0.717) is 6.04 Å². The molecule has 4 nitrogen and oxygen atoms in total. The van der Waals surface area contributed by atoms with Gasteiger partial charge in [-0.2, -0.15) is 0 Å². The fourth-order valence-corrected chi connectivity index (χ4v) is 2.67. The van der Waals surface area contributed by atoms with Gasteiger partial charge in [0.15, 0.2) is 0 Å². The zero-order chi connectivity index (χ0) is 15.1. The Morgan fingerprint density at radius 3 is 2.95 bits per heavy atom. The second kappa shape index (κ2) is 8.35. The second-order valence-corrected chi connectivity index (χ2v) is 6.02. The molecule has 1 heterocycles. The molecule has 0 bridgehead atoms. The van der Waals surface area contributed by atoms with Crippen LogP contribution in [0.25, 0.3) is 0 Å². The summed E-state index contributed by atoms with van der Waals surface area (Å²) in [4.78, 5) is 6.93. The molecule has 118 valence electrons. The predicted octanol–water partition coefficient (Wildman–Crippen LogP) is 3.15. The molecule has 1 aromatic rings. The fourth-order valence-electron chi connectivity index (χ4n) is 2.67. The maximum atomic E-state index is 5.27. The first-order chi connectivity index (χ1) is 10.2. The molecule has 21 heavy (non-hydrogen) atoms. The third-order valence-corrected chi connectivity index (χ3v) is 4.23. The molecule has 0 saturated heterocycles. The number of aromatic nitrogens is 1. The van der Waals surface area contributed by atoms with E-state index in [-0.39, 0.29) is 0 Å². The summed E-state index contributed by atoms with van der Waals surface area (Å²) < 4.78 is 5.27. The average Bonchev–Trinajstić information content (AvgIpc) is 3.34. The quantitative estimate of drug-likeness (QED) is 0.718. The van der Waals surface area contributed by atoms with Crippen molar-refractivity contribution < 1.29 is 4.74 Å². The lowest BCUT2D eigenvalue weighted by molar-refractivity contribution is 0.111. The smallest absolute Gasteiger partial charge is 0.126 e. The Bertz CT molecular complexity index is 420. The molecule has 0 aromatic carbocycles. The fraction of sp³-hybridized carbons (Fsp3) is 0.706. The Labute approximate surface area is 128 Å². The average molecular weight is 291 g/mol. The van der Waals surface area contributed by atoms with E-state index in [1.807, 2.05) is 6.20 Å². The Kier molecular flexibility index (Phi) is 6.46. The molecule has 1 aliphatic rings. The van der Waals surface area contributed by atoms with Gasteiger partial charge in [-0.1, -0.05) is 6.92 Å². The molecule has 2 rings (SSSR count). The first kappa shape index (κ1) is 16.2. The Morgan fingerprint density at radius 1 is 1.48 bits per heavy atom. The highest BCUT2D eigenvalue weighted by Crippen LogP contribution is 2.35. The highest BCUT2D eigenvalue weighted by molar-refractivity contribution is 5.37. The minimum atomic E-state index is 0.639. The lowest BCUT2D eigenvalue weighted by Gasteiger charge is -2.29. The lowest BCUT2D eigenvalue weighted by Crippen LogP contribution is -2.36. The minimum Gasteiger partial charge on any atom is -0.383 e. The van der Waals surface area contributed by atoms with E-state index in [1.165, 1.54) is 18.4 Å². The summed E-state index contributed by atoms with van der Waals surface area (Å²) in [5.41, 5.74) is 1.33. The van der Waals surface area contributed by atoms with Gasteiger partial charge >= 0.3 is 0 Å². The zero-order valence-corrected chi connectivity index (χ0v) is 13.6. The number of nitrogens with zero attached hydrogens (tertiary/aromatic N) is 2. The van der Waals surface area contributed by atoms with Crippen molar-refractivity contribution in [2.24, 2.45) is 5.92 Å². The van der Waals surface area contributed by atoms with Gasteiger partial charge in [-0.3, -0.25) is 4.90 Å². The van der Waals surface area contributed by atoms with Crippen molar-refractivity contribution in [1.29, 1.82) is 0 Å². The molecule has 0 radical (unpaired) electrons. The van der Waals surface area contributed by atoms with Gasteiger partial charge in [-0.05, 0) is 49.8 Å². The third kappa shape index (κ3) is 5.29. The molecule has 0 spiro atoms. The second-order valence-electron chi connectivity index (χ2n) is 6.02. The predicted molar refractivity (Wildman–Crippen MR) is 87.5 cm³/mol. The molecule has 1 aromatic heterocycles. The summed E-state index contributed by atoms with van der Waals surface area (Å²) in [5.74, 6) is 1.86. The van der Waals surface area contributed by atoms with E-state index in [9.17, 15) is 0 Å². The summed E-state index contributed by atoms with van der Waals surface area (Å²) in [6, 6.07) is 4.94. The van der Waals surface area contributed by atoms with Crippen LogP contribution in [0.4, 0.5) is 5.82 Å². The first-order valence-electron chi connectivity index (χ1n) is 8.16. The first-order valence-corrected chi connectivity index (χ1v) is 8.16. The van der Waals surface area contributed by atoms with Crippen molar-refractivity contribution in [2.45, 2.75) is 45.7 Å². The van der Waals surface area contributed by atoms with Crippen molar-refractivity contribution in [3.63, 3.8) is 0 Å². The van der Waals surface area contributed by atoms with Gasteiger partial charge < -0.3 is 10.1 Å². The van der Waals surface area contributed by atoms with Crippen LogP contribution in [0, 0.1) is 5.92 Å². The van der Waals surface area contributed by atoms with Crippen molar-refractivity contribution in [2.75, 3.05) is 32.1 Å². The molecule has 4 heteroatoms. The molecule has 0 amide bonds. The molecular formula is C17H29N3O. The number of pyridine rings is 1. The maximum absolute atomic E-state index is 5.27. The molecular weight excluding hydrogens is 262 g/mol. The van der Waals surface area contributed by atoms with E-state index < -0.39 is 0 Å². The number of hydrogen-bond acceptors (Lipinski definition) is 4. The van der Waals surface area contributed by atoms with Crippen LogP contribution < -0.4 is 5.32 Å². The topological polar surface area (TPSA) is 37.4 Å². The van der Waals surface area contributed by atoms with Gasteiger partial charge in [0.25, 0.3) is 0 Å². The lowest BCUT2D eigenvalue weighted by atomic mass is 10.1. The number of methoxy groups -OCH3 is 1. The molecule has 1 N–H and O–H groups in total. The number of hydrogen-bond donors (Lipinski definition) is 1. The maximum Gasteiger partial charge on any atom is 0.126 e. The van der Waals surface area contributed by atoms with Crippen LogP contribution in [0.3, 0.4) is 0 Å². The van der Waals surface area contributed by atoms with E-state index in [0.717, 1.165) is 44.4 Å². The Balaban J connectivity index is 1.97. The molecule has 1 fully saturated rings. The van der Waals surface area contributed by atoms with Gasteiger partial charge in [-0.15, -0.1) is 0 Å². The van der Waals surface area contributed by atoms with Crippen LogP contribution in [0.5, 0.6) is 0 Å². The van der Waals surface area contributed by atoms with Gasteiger partial charge in [0, 0.05) is 39.0 Å². The summed E-state index contributed by atoms with van der Waals surface area (Å²) in [6.07, 6.45) is 5.78. The number of rotatable bonds is 10. The van der Waals surface area contributed by atoms with Crippen molar-refractivity contribution in [3.05, 3.63) is 23.9 Å². The van der Waals surface area contributed by atoms with Crippen molar-refractivity contribution >= 4 is 5.82 Å². The summed E-state index contributed by atoms with van der Waals surface area (Å²) in [5, 5.41) is 3.36. The van der Waals surface area contributed by atoms with Gasteiger partial charge in [0.2, 0.25) is 0 Å². The number of ether oxygens (including phenoxy) is 1. The Morgan fingerprint density at radius 2 is 2.29 bits per heavy atom. The van der Waals surface area contributed by atoms with Crippen LogP contribution in [-0.4, -0.2) is 42.7 Å². The van der Waals surface area contributed by atoms with E-state index >= 15 is 0 Å². The largest absolute Gasteiger partial charge is 0.383 e. The summed E-state index contributed by atoms with van der Waals surface area (Å²) in [7, 11) is 1.78. The van der Waals surface area contributed by atoms with E-state index in [2.05, 4.69) is 41.2 Å². The summed E-state index contributed by atoms with van der Waals surface area (Å²) in [6.45, 7) is 8.26. The molecule has 1 aliphatic carbocycles. The summed E-state index contributed by atoms with van der Waals surface area (Å²) >= 11 is 0. The molecule has 1 unspecified atom stereocenters. The highest BCUT2D eigenvalue weighted by atomic mass is 16.5. The normalized spacial score (nSPS) is 16.2. The Hall–Kier alpha value is -1.13. The van der Waals surface area contributed by atoms with Crippen LogP contribution in [-0.2, 0) is 11.3 Å².